The van der Waals surface area contributed by atoms with E-state index in [1.165, 1.54) is 0 Å². The summed E-state index contributed by atoms with van der Waals surface area (Å²) in [5.74, 6) is -5.65. The SMILES string of the molecule is CNCc1ccc(Cl)cc1Oc1ccc2[nH]c(=O)oc2c1.O=C(OC(=O)C(F)(F)F)C(F)(F)F. The molecule has 0 atom stereocenters. The molecule has 34 heavy (non-hydrogen) atoms. The highest BCUT2D eigenvalue weighted by atomic mass is 35.5. The summed E-state index contributed by atoms with van der Waals surface area (Å²) < 4.78 is 80.6. The zero-order valence-corrected chi connectivity index (χ0v) is 17.5. The Morgan fingerprint density at radius 2 is 1.65 bits per heavy atom. The maximum absolute atomic E-state index is 11.2. The summed E-state index contributed by atoms with van der Waals surface area (Å²) in [5, 5.41) is 3.67. The van der Waals surface area contributed by atoms with Crippen molar-refractivity contribution in [3.63, 3.8) is 0 Å². The Balaban J connectivity index is 0.000000273. The third kappa shape index (κ3) is 7.52. The molecule has 8 nitrogen and oxygen atoms in total. The van der Waals surface area contributed by atoms with Crippen LogP contribution < -0.4 is 15.8 Å². The Kier molecular flexibility index (Phi) is 8.34. The summed E-state index contributed by atoms with van der Waals surface area (Å²) in [6, 6.07) is 10.6. The first-order chi connectivity index (χ1) is 15.7. The van der Waals surface area contributed by atoms with Gasteiger partial charge in [0.15, 0.2) is 5.58 Å². The monoisotopic (exact) mass is 514 g/mol. The van der Waals surface area contributed by atoms with Crippen LogP contribution in [0.3, 0.4) is 0 Å². The molecular formula is C19H13ClF6N2O6. The largest absolute Gasteiger partial charge is 0.491 e. The van der Waals surface area contributed by atoms with Crippen molar-refractivity contribution < 1.29 is 49.8 Å². The molecule has 0 fully saturated rings. The van der Waals surface area contributed by atoms with E-state index in [0.29, 0.717) is 34.2 Å². The molecule has 0 bridgehead atoms. The first-order valence-corrected chi connectivity index (χ1v) is 9.22. The number of ether oxygens (including phenoxy) is 2. The van der Waals surface area contributed by atoms with Gasteiger partial charge in [0.2, 0.25) is 0 Å². The molecule has 0 amide bonds. The standard InChI is InChI=1S/C15H13ClN2O3.C4F6O3/c1-17-8-9-2-3-10(16)6-13(9)20-11-4-5-12-14(7-11)21-15(19)18-12;5-3(6,7)1(11)13-2(12)4(8,9)10/h2-7,17H,8H2,1H3,(H,18,19);. The predicted molar refractivity (Wildman–Crippen MR) is 104 cm³/mol. The first-order valence-electron chi connectivity index (χ1n) is 8.84. The second kappa shape index (κ2) is 10.6. The minimum absolute atomic E-state index is 0.453. The predicted octanol–water partition coefficient (Wildman–Crippen LogP) is 4.47. The third-order valence-electron chi connectivity index (χ3n) is 3.67. The minimum Gasteiger partial charge on any atom is -0.457 e. The number of fused-ring (bicyclic) bond motifs is 1. The van der Waals surface area contributed by atoms with Crippen LogP contribution in [0.2, 0.25) is 5.02 Å². The maximum Gasteiger partial charge on any atom is 0.491 e. The Morgan fingerprint density at radius 1 is 1.03 bits per heavy atom. The van der Waals surface area contributed by atoms with Gasteiger partial charge in [0.25, 0.3) is 0 Å². The molecule has 2 aromatic carbocycles. The van der Waals surface area contributed by atoms with Gasteiger partial charge in [-0.05, 0) is 31.3 Å². The smallest absolute Gasteiger partial charge is 0.457 e. The Morgan fingerprint density at radius 3 is 2.21 bits per heavy atom. The van der Waals surface area contributed by atoms with Crippen LogP contribution in [0.25, 0.3) is 11.1 Å². The summed E-state index contributed by atoms with van der Waals surface area (Å²) in [7, 11) is 1.86. The molecule has 15 heteroatoms. The van der Waals surface area contributed by atoms with Crippen LogP contribution in [0.4, 0.5) is 26.3 Å². The number of aromatic amines is 1. The van der Waals surface area contributed by atoms with Crippen molar-refractivity contribution in [2.45, 2.75) is 18.9 Å². The number of carbonyl (C=O) groups is 2. The van der Waals surface area contributed by atoms with Gasteiger partial charge in [-0.25, -0.2) is 14.4 Å². The van der Waals surface area contributed by atoms with Gasteiger partial charge < -0.3 is 19.2 Å². The van der Waals surface area contributed by atoms with Gasteiger partial charge in [0, 0.05) is 23.2 Å². The zero-order chi connectivity index (χ0) is 25.7. The average Bonchev–Trinajstić information content (AvgIpc) is 3.08. The number of rotatable bonds is 4. The van der Waals surface area contributed by atoms with Gasteiger partial charge in [-0.15, -0.1) is 0 Å². The Hall–Kier alpha value is -3.52. The van der Waals surface area contributed by atoms with E-state index in [4.69, 9.17) is 20.8 Å². The maximum atomic E-state index is 11.2. The van der Waals surface area contributed by atoms with E-state index in [1.54, 1.807) is 24.3 Å². The van der Waals surface area contributed by atoms with Gasteiger partial charge in [-0.3, -0.25) is 4.98 Å². The minimum atomic E-state index is -5.62. The number of alkyl halides is 6. The topological polar surface area (TPSA) is 111 Å². The third-order valence-corrected chi connectivity index (χ3v) is 3.90. The lowest BCUT2D eigenvalue weighted by molar-refractivity contribution is -0.221. The van der Waals surface area contributed by atoms with Crippen LogP contribution in [0.1, 0.15) is 5.56 Å². The molecule has 0 spiro atoms. The van der Waals surface area contributed by atoms with Gasteiger partial charge in [0.05, 0.1) is 5.52 Å². The van der Waals surface area contributed by atoms with Crippen molar-refractivity contribution in [2.24, 2.45) is 0 Å². The van der Waals surface area contributed by atoms with Crippen LogP contribution in [-0.4, -0.2) is 36.3 Å². The molecule has 2 N–H and O–H groups in total. The van der Waals surface area contributed by atoms with Crippen molar-refractivity contribution in [1.82, 2.24) is 10.3 Å². The fourth-order valence-electron chi connectivity index (χ4n) is 2.28. The fraction of sp³-hybridized carbons (Fsp3) is 0.211. The van der Waals surface area contributed by atoms with Crippen LogP contribution in [0.5, 0.6) is 11.5 Å². The highest BCUT2D eigenvalue weighted by Gasteiger charge is 2.49. The number of benzene rings is 2. The van der Waals surface area contributed by atoms with E-state index in [2.05, 4.69) is 15.0 Å². The van der Waals surface area contributed by atoms with Crippen molar-refractivity contribution in [2.75, 3.05) is 7.05 Å². The number of hydrogen-bond donors (Lipinski definition) is 2. The van der Waals surface area contributed by atoms with E-state index in [9.17, 15) is 40.7 Å². The van der Waals surface area contributed by atoms with Gasteiger partial charge in [-0.1, -0.05) is 17.7 Å². The molecule has 3 rings (SSSR count). The van der Waals surface area contributed by atoms with E-state index in [-0.39, 0.29) is 0 Å². The summed E-state index contributed by atoms with van der Waals surface area (Å²) in [6.45, 7) is 0.661. The number of H-pyrrole nitrogens is 1. The molecule has 1 aromatic heterocycles. The molecule has 0 saturated heterocycles. The fourth-order valence-corrected chi connectivity index (χ4v) is 2.44. The van der Waals surface area contributed by atoms with E-state index < -0.39 is 30.0 Å². The molecule has 0 aliphatic carbocycles. The van der Waals surface area contributed by atoms with Crippen LogP contribution in [-0.2, 0) is 20.9 Å². The molecule has 0 radical (unpaired) electrons. The highest BCUT2D eigenvalue weighted by molar-refractivity contribution is 6.30. The summed E-state index contributed by atoms with van der Waals surface area (Å²) in [4.78, 5) is 33.0. The number of esters is 2. The lowest BCUT2D eigenvalue weighted by Gasteiger charge is -2.11. The van der Waals surface area contributed by atoms with Gasteiger partial charge >= 0.3 is 30.0 Å². The lowest BCUT2D eigenvalue weighted by atomic mass is 10.2. The second-order valence-corrected chi connectivity index (χ2v) is 6.67. The quantitative estimate of drug-likeness (QED) is 0.300. The molecule has 0 aliphatic heterocycles. The van der Waals surface area contributed by atoms with Crippen LogP contribution in [0, 0.1) is 0 Å². The molecule has 184 valence electrons. The van der Waals surface area contributed by atoms with E-state index in [1.807, 2.05) is 19.2 Å². The summed E-state index contributed by atoms with van der Waals surface area (Å²) in [6.07, 6.45) is -11.2. The van der Waals surface area contributed by atoms with Gasteiger partial charge in [-0.2, -0.15) is 26.3 Å². The summed E-state index contributed by atoms with van der Waals surface area (Å²) >= 11 is 6.02. The molecular weight excluding hydrogens is 502 g/mol. The van der Waals surface area contributed by atoms with Gasteiger partial charge in [0.1, 0.15) is 11.5 Å². The molecule has 0 saturated carbocycles. The van der Waals surface area contributed by atoms with Crippen LogP contribution >= 0.6 is 11.6 Å². The van der Waals surface area contributed by atoms with Crippen molar-refractivity contribution in [1.29, 1.82) is 0 Å². The number of nitrogens with one attached hydrogen (secondary N) is 2. The molecule has 1 heterocycles. The molecule has 0 aliphatic rings. The number of hydrogen-bond acceptors (Lipinski definition) is 7. The summed E-state index contributed by atoms with van der Waals surface area (Å²) in [5.41, 5.74) is 2.07. The Labute approximate surface area is 190 Å². The Bertz CT molecular complexity index is 1210. The zero-order valence-electron chi connectivity index (χ0n) is 16.8. The van der Waals surface area contributed by atoms with Crippen molar-refractivity contribution in [3.8, 4) is 11.5 Å². The normalized spacial score (nSPS) is 11.5. The lowest BCUT2D eigenvalue weighted by Crippen LogP contribution is -2.34. The van der Waals surface area contributed by atoms with Crippen molar-refractivity contribution in [3.05, 3.63) is 57.5 Å². The number of oxazole rings is 1. The molecule has 0 unspecified atom stereocenters. The van der Waals surface area contributed by atoms with Crippen molar-refractivity contribution >= 4 is 34.6 Å². The number of carbonyl (C=O) groups excluding carboxylic acids is 2. The molecule has 3 aromatic rings. The average molecular weight is 515 g/mol. The highest BCUT2D eigenvalue weighted by Crippen LogP contribution is 2.30. The van der Waals surface area contributed by atoms with Crippen LogP contribution in [0.15, 0.2) is 45.6 Å². The van der Waals surface area contributed by atoms with E-state index in [0.717, 1.165) is 5.56 Å². The first kappa shape index (κ1) is 26.7. The number of aromatic nitrogens is 1. The van der Waals surface area contributed by atoms with E-state index >= 15 is 0 Å². The number of halogens is 7. The second-order valence-electron chi connectivity index (χ2n) is 6.23.